The van der Waals surface area contributed by atoms with E-state index in [4.69, 9.17) is 4.74 Å². The van der Waals surface area contributed by atoms with E-state index in [9.17, 15) is 9.50 Å². The van der Waals surface area contributed by atoms with E-state index in [1.54, 1.807) is 0 Å². The highest BCUT2D eigenvalue weighted by molar-refractivity contribution is 5.36. The Morgan fingerprint density at radius 2 is 1.86 bits per heavy atom. The number of aliphatic hydroxyl groups is 1. The zero-order valence-corrected chi connectivity index (χ0v) is 12.5. The molecule has 0 saturated carbocycles. The molecule has 1 aromatic heterocycles. The number of aromatic nitrogens is 1. The molecule has 0 bridgehead atoms. The summed E-state index contributed by atoms with van der Waals surface area (Å²) in [6, 6.07) is 10.1. The molecule has 0 spiro atoms. The topological polar surface area (TPSA) is 42.4 Å². The van der Waals surface area contributed by atoms with Gasteiger partial charge in [0, 0.05) is 0 Å². The van der Waals surface area contributed by atoms with Crippen molar-refractivity contribution >= 4 is 0 Å². The van der Waals surface area contributed by atoms with Crippen LogP contribution in [0.4, 0.5) is 4.39 Å². The number of hydrogen-bond donors (Lipinski definition) is 1. The predicted octanol–water partition coefficient (Wildman–Crippen LogP) is 3.65. The summed E-state index contributed by atoms with van der Waals surface area (Å²) in [6.07, 6.45) is 1.65. The maximum atomic E-state index is 13.0. The molecule has 1 unspecified atom stereocenters. The van der Waals surface area contributed by atoms with E-state index in [-0.39, 0.29) is 6.10 Å². The minimum Gasteiger partial charge on any atom is -0.491 e. The summed E-state index contributed by atoms with van der Waals surface area (Å²) in [5.74, 6) is 0.331. The van der Waals surface area contributed by atoms with Crippen LogP contribution in [-0.2, 0) is 5.60 Å². The van der Waals surface area contributed by atoms with E-state index < -0.39 is 11.4 Å². The van der Waals surface area contributed by atoms with Crippen molar-refractivity contribution in [2.24, 2.45) is 0 Å². The fourth-order valence-electron chi connectivity index (χ4n) is 2.23. The monoisotopic (exact) mass is 289 g/mol. The van der Waals surface area contributed by atoms with Gasteiger partial charge in [-0.25, -0.2) is 4.39 Å². The first kappa shape index (κ1) is 15.4. The first-order chi connectivity index (χ1) is 9.95. The number of hydrogen-bond acceptors (Lipinski definition) is 3. The Morgan fingerprint density at radius 3 is 2.33 bits per heavy atom. The van der Waals surface area contributed by atoms with Crippen molar-refractivity contribution in [1.82, 2.24) is 4.98 Å². The highest BCUT2D eigenvalue weighted by Gasteiger charge is 2.31. The first-order valence-electron chi connectivity index (χ1n) is 7.07. The van der Waals surface area contributed by atoms with Crippen LogP contribution in [-0.4, -0.2) is 16.2 Å². The summed E-state index contributed by atoms with van der Waals surface area (Å²) < 4.78 is 18.6. The number of pyridine rings is 1. The van der Waals surface area contributed by atoms with E-state index in [0.717, 1.165) is 11.9 Å². The summed E-state index contributed by atoms with van der Waals surface area (Å²) in [6.45, 7) is 5.78. The molecule has 1 atom stereocenters. The lowest BCUT2D eigenvalue weighted by molar-refractivity contribution is 0.0717. The van der Waals surface area contributed by atoms with Crippen LogP contribution in [0.15, 0.2) is 42.6 Å². The minimum absolute atomic E-state index is 0.0969. The highest BCUT2D eigenvalue weighted by Crippen LogP contribution is 2.32. The van der Waals surface area contributed by atoms with Crippen LogP contribution in [0.5, 0.6) is 5.75 Å². The van der Waals surface area contributed by atoms with Crippen LogP contribution in [0.25, 0.3) is 0 Å². The Hall–Kier alpha value is -1.94. The average molecular weight is 289 g/mol. The van der Waals surface area contributed by atoms with Crippen molar-refractivity contribution in [2.45, 2.75) is 38.9 Å². The maximum absolute atomic E-state index is 13.0. The average Bonchev–Trinajstić information content (AvgIpc) is 2.47. The van der Waals surface area contributed by atoms with Gasteiger partial charge < -0.3 is 9.84 Å². The van der Waals surface area contributed by atoms with Crippen molar-refractivity contribution in [3.05, 3.63) is 59.7 Å². The molecule has 21 heavy (non-hydrogen) atoms. The molecular weight excluding hydrogens is 269 g/mol. The standard InChI is InChI=1S/C17H20FNO2/c1-4-17(20,16-10-7-14(18)11-19-16)13-5-8-15(9-6-13)21-12(2)3/h5-12,20H,4H2,1-3H3. The van der Waals surface area contributed by atoms with Crippen LogP contribution in [0.3, 0.4) is 0 Å². The van der Waals surface area contributed by atoms with Crippen LogP contribution < -0.4 is 4.74 Å². The van der Waals surface area contributed by atoms with Crippen LogP contribution in [0.1, 0.15) is 38.4 Å². The highest BCUT2D eigenvalue weighted by atomic mass is 19.1. The van der Waals surface area contributed by atoms with Gasteiger partial charge in [-0.05, 0) is 50.1 Å². The van der Waals surface area contributed by atoms with Crippen molar-refractivity contribution in [3.8, 4) is 5.75 Å². The molecule has 1 N–H and O–H groups in total. The molecule has 0 amide bonds. The SMILES string of the molecule is CCC(O)(c1ccc(OC(C)C)cc1)c1ccc(F)cn1. The molecule has 4 heteroatoms. The smallest absolute Gasteiger partial charge is 0.141 e. The molecule has 1 aromatic carbocycles. The van der Waals surface area contributed by atoms with Gasteiger partial charge in [-0.2, -0.15) is 0 Å². The molecule has 0 fully saturated rings. The van der Waals surface area contributed by atoms with E-state index >= 15 is 0 Å². The maximum Gasteiger partial charge on any atom is 0.141 e. The van der Waals surface area contributed by atoms with Gasteiger partial charge in [0.25, 0.3) is 0 Å². The van der Waals surface area contributed by atoms with E-state index in [0.29, 0.717) is 17.7 Å². The number of nitrogens with zero attached hydrogens (tertiary/aromatic N) is 1. The summed E-state index contributed by atoms with van der Waals surface area (Å²) >= 11 is 0. The summed E-state index contributed by atoms with van der Waals surface area (Å²) in [5.41, 5.74) is -0.0894. The molecule has 0 aliphatic carbocycles. The Kier molecular flexibility index (Phi) is 4.58. The van der Waals surface area contributed by atoms with Crippen molar-refractivity contribution in [2.75, 3.05) is 0 Å². The van der Waals surface area contributed by atoms with Crippen LogP contribution in [0, 0.1) is 5.82 Å². The Labute approximate surface area is 124 Å². The third-order valence-electron chi connectivity index (χ3n) is 3.37. The lowest BCUT2D eigenvalue weighted by atomic mass is 9.87. The van der Waals surface area contributed by atoms with E-state index in [1.807, 2.05) is 45.0 Å². The lowest BCUT2D eigenvalue weighted by Gasteiger charge is -2.27. The summed E-state index contributed by atoms with van der Waals surface area (Å²) in [7, 11) is 0. The number of halogens is 1. The normalized spacial score (nSPS) is 14.0. The van der Waals surface area contributed by atoms with Gasteiger partial charge in [0.15, 0.2) is 0 Å². The Bertz CT molecular complexity index is 581. The number of ether oxygens (including phenoxy) is 1. The Morgan fingerprint density at radius 1 is 1.19 bits per heavy atom. The third kappa shape index (κ3) is 3.39. The second kappa shape index (κ2) is 6.22. The third-order valence-corrected chi connectivity index (χ3v) is 3.37. The van der Waals surface area contributed by atoms with Gasteiger partial charge in [-0.15, -0.1) is 0 Å². The second-order valence-electron chi connectivity index (χ2n) is 5.27. The van der Waals surface area contributed by atoms with Gasteiger partial charge in [0.1, 0.15) is 17.2 Å². The molecule has 3 nitrogen and oxygen atoms in total. The second-order valence-corrected chi connectivity index (χ2v) is 5.27. The largest absolute Gasteiger partial charge is 0.491 e. The predicted molar refractivity (Wildman–Crippen MR) is 79.7 cm³/mol. The number of rotatable bonds is 5. The summed E-state index contributed by atoms with van der Waals surface area (Å²) in [5, 5.41) is 10.9. The van der Waals surface area contributed by atoms with Crippen molar-refractivity contribution in [1.29, 1.82) is 0 Å². The molecule has 0 radical (unpaired) electrons. The van der Waals surface area contributed by atoms with Gasteiger partial charge >= 0.3 is 0 Å². The minimum atomic E-state index is -1.23. The first-order valence-corrected chi connectivity index (χ1v) is 7.07. The van der Waals surface area contributed by atoms with E-state index in [2.05, 4.69) is 4.98 Å². The fourth-order valence-corrected chi connectivity index (χ4v) is 2.23. The molecule has 0 saturated heterocycles. The summed E-state index contributed by atoms with van der Waals surface area (Å²) in [4.78, 5) is 4.01. The van der Waals surface area contributed by atoms with Gasteiger partial charge in [0.05, 0.1) is 18.0 Å². The zero-order valence-electron chi connectivity index (χ0n) is 12.5. The molecule has 0 aliphatic rings. The molecule has 0 aliphatic heterocycles. The van der Waals surface area contributed by atoms with Crippen LogP contribution >= 0.6 is 0 Å². The molecule has 2 rings (SSSR count). The van der Waals surface area contributed by atoms with Crippen molar-refractivity contribution < 1.29 is 14.2 Å². The lowest BCUT2D eigenvalue weighted by Crippen LogP contribution is -2.27. The van der Waals surface area contributed by atoms with E-state index in [1.165, 1.54) is 12.1 Å². The van der Waals surface area contributed by atoms with Crippen molar-refractivity contribution in [3.63, 3.8) is 0 Å². The fraction of sp³-hybridized carbons (Fsp3) is 0.353. The zero-order chi connectivity index (χ0) is 15.5. The van der Waals surface area contributed by atoms with Gasteiger partial charge in [-0.1, -0.05) is 19.1 Å². The van der Waals surface area contributed by atoms with Crippen LogP contribution in [0.2, 0.25) is 0 Å². The number of benzene rings is 1. The molecule has 1 heterocycles. The molecular formula is C17H20FNO2. The van der Waals surface area contributed by atoms with Gasteiger partial charge in [-0.3, -0.25) is 4.98 Å². The van der Waals surface area contributed by atoms with Gasteiger partial charge in [0.2, 0.25) is 0 Å². The quantitative estimate of drug-likeness (QED) is 0.913. The molecule has 112 valence electrons. The molecule has 2 aromatic rings. The Balaban J connectivity index is 2.33.